The maximum Gasteiger partial charge on any atom is 0.303 e. The van der Waals surface area contributed by atoms with E-state index in [2.05, 4.69) is 4.98 Å². The minimum absolute atomic E-state index is 0.106. The summed E-state index contributed by atoms with van der Waals surface area (Å²) in [4.78, 5) is 14.9. The molecule has 19 heavy (non-hydrogen) atoms. The molecular formula is C14H11NO4. The van der Waals surface area contributed by atoms with E-state index in [-0.39, 0.29) is 6.42 Å². The Morgan fingerprint density at radius 1 is 1.32 bits per heavy atom. The van der Waals surface area contributed by atoms with Crippen LogP contribution in [0.3, 0.4) is 0 Å². The number of aryl methyl sites for hydroxylation is 1. The second-order valence-corrected chi connectivity index (χ2v) is 4.19. The van der Waals surface area contributed by atoms with Gasteiger partial charge in [0.15, 0.2) is 11.3 Å². The molecule has 2 heterocycles. The lowest BCUT2D eigenvalue weighted by molar-refractivity contribution is -0.136. The summed E-state index contributed by atoms with van der Waals surface area (Å²) in [5.74, 6) is 0.190. The van der Waals surface area contributed by atoms with Gasteiger partial charge < -0.3 is 13.9 Å². The van der Waals surface area contributed by atoms with Gasteiger partial charge in [0.25, 0.3) is 5.89 Å². The van der Waals surface area contributed by atoms with Crippen LogP contribution in [-0.4, -0.2) is 16.1 Å². The second kappa shape index (κ2) is 4.61. The molecule has 0 saturated heterocycles. The molecule has 3 aromatic rings. The van der Waals surface area contributed by atoms with Crippen LogP contribution in [-0.2, 0) is 11.2 Å². The average molecular weight is 257 g/mol. The van der Waals surface area contributed by atoms with Gasteiger partial charge in [0.1, 0.15) is 5.52 Å². The number of rotatable bonds is 4. The number of furan rings is 1. The third-order valence-electron chi connectivity index (χ3n) is 2.81. The summed E-state index contributed by atoms with van der Waals surface area (Å²) in [6.07, 6.45) is 2.14. The van der Waals surface area contributed by atoms with Crippen LogP contribution in [0.1, 0.15) is 12.0 Å². The standard InChI is InChI=1S/C14H11NO4/c16-13(17)6-4-9-3-5-11-10(8-9)15-14(19-11)12-2-1-7-18-12/h1-3,5,7-8H,4,6H2,(H,16,17). The number of carboxylic acids is 1. The molecule has 0 spiro atoms. The lowest BCUT2D eigenvalue weighted by Gasteiger charge is -1.96. The molecule has 0 amide bonds. The van der Waals surface area contributed by atoms with Crippen LogP contribution in [0.4, 0.5) is 0 Å². The SMILES string of the molecule is O=C(O)CCc1ccc2oc(-c3ccco3)nc2c1. The van der Waals surface area contributed by atoms with Crippen molar-refractivity contribution in [3.8, 4) is 11.7 Å². The van der Waals surface area contributed by atoms with Crippen molar-refractivity contribution in [2.24, 2.45) is 0 Å². The Morgan fingerprint density at radius 3 is 2.95 bits per heavy atom. The zero-order chi connectivity index (χ0) is 13.2. The molecule has 0 aliphatic carbocycles. The fourth-order valence-corrected chi connectivity index (χ4v) is 1.89. The number of benzene rings is 1. The molecule has 5 heteroatoms. The Bertz CT molecular complexity index is 712. The van der Waals surface area contributed by atoms with E-state index in [1.807, 2.05) is 12.1 Å². The van der Waals surface area contributed by atoms with Gasteiger partial charge in [0.05, 0.1) is 6.26 Å². The van der Waals surface area contributed by atoms with Crippen molar-refractivity contribution in [1.29, 1.82) is 0 Å². The number of nitrogens with zero attached hydrogens (tertiary/aromatic N) is 1. The number of oxazole rings is 1. The number of hydrogen-bond donors (Lipinski definition) is 1. The summed E-state index contributed by atoms with van der Waals surface area (Å²) in [6.45, 7) is 0. The number of fused-ring (bicyclic) bond motifs is 1. The van der Waals surface area contributed by atoms with Gasteiger partial charge in [-0.05, 0) is 36.2 Å². The van der Waals surface area contributed by atoms with Gasteiger partial charge in [-0.25, -0.2) is 4.98 Å². The van der Waals surface area contributed by atoms with E-state index >= 15 is 0 Å². The van der Waals surface area contributed by atoms with E-state index in [0.29, 0.717) is 29.2 Å². The first-order chi connectivity index (χ1) is 9.22. The Balaban J connectivity index is 1.93. The molecule has 0 bridgehead atoms. The molecular weight excluding hydrogens is 246 g/mol. The van der Waals surface area contributed by atoms with Crippen molar-refractivity contribution in [3.63, 3.8) is 0 Å². The van der Waals surface area contributed by atoms with Gasteiger partial charge in [0, 0.05) is 6.42 Å². The molecule has 96 valence electrons. The third kappa shape index (κ3) is 2.35. The van der Waals surface area contributed by atoms with E-state index in [0.717, 1.165) is 5.56 Å². The summed E-state index contributed by atoms with van der Waals surface area (Å²) in [5.41, 5.74) is 2.29. The summed E-state index contributed by atoms with van der Waals surface area (Å²) < 4.78 is 10.8. The van der Waals surface area contributed by atoms with Crippen LogP contribution in [0.15, 0.2) is 45.4 Å². The number of hydrogen-bond acceptors (Lipinski definition) is 4. The molecule has 1 aromatic carbocycles. The average Bonchev–Trinajstić information content (AvgIpc) is 3.04. The van der Waals surface area contributed by atoms with Crippen LogP contribution < -0.4 is 0 Å². The van der Waals surface area contributed by atoms with Crippen LogP contribution in [0.25, 0.3) is 22.8 Å². The molecule has 0 aliphatic heterocycles. The molecule has 1 N–H and O–H groups in total. The maximum atomic E-state index is 10.5. The Hall–Kier alpha value is -2.56. The summed E-state index contributed by atoms with van der Waals surface area (Å²) in [6, 6.07) is 9.03. The molecule has 0 saturated carbocycles. The lowest BCUT2D eigenvalue weighted by atomic mass is 10.1. The second-order valence-electron chi connectivity index (χ2n) is 4.19. The summed E-state index contributed by atoms with van der Waals surface area (Å²) in [7, 11) is 0. The highest BCUT2D eigenvalue weighted by atomic mass is 16.4. The molecule has 0 atom stereocenters. The highest BCUT2D eigenvalue weighted by Crippen LogP contribution is 2.25. The molecule has 0 fully saturated rings. The number of carboxylic acid groups (broad SMARTS) is 1. The van der Waals surface area contributed by atoms with Crippen LogP contribution >= 0.6 is 0 Å². The van der Waals surface area contributed by atoms with E-state index in [9.17, 15) is 4.79 Å². The van der Waals surface area contributed by atoms with Crippen molar-refractivity contribution < 1.29 is 18.7 Å². The monoisotopic (exact) mass is 257 g/mol. The van der Waals surface area contributed by atoms with E-state index in [4.69, 9.17) is 13.9 Å². The van der Waals surface area contributed by atoms with Crippen LogP contribution in [0, 0.1) is 0 Å². The highest BCUT2D eigenvalue weighted by Gasteiger charge is 2.11. The van der Waals surface area contributed by atoms with Crippen molar-refractivity contribution in [1.82, 2.24) is 4.98 Å². The van der Waals surface area contributed by atoms with Gasteiger partial charge in [-0.15, -0.1) is 0 Å². The normalized spacial score (nSPS) is 10.9. The van der Waals surface area contributed by atoms with Gasteiger partial charge >= 0.3 is 5.97 Å². The Morgan fingerprint density at radius 2 is 2.21 bits per heavy atom. The van der Waals surface area contributed by atoms with Crippen molar-refractivity contribution in [3.05, 3.63) is 42.2 Å². The van der Waals surface area contributed by atoms with E-state index < -0.39 is 5.97 Å². The first-order valence-corrected chi connectivity index (χ1v) is 5.87. The van der Waals surface area contributed by atoms with Crippen molar-refractivity contribution in [2.75, 3.05) is 0 Å². The fourth-order valence-electron chi connectivity index (χ4n) is 1.89. The van der Waals surface area contributed by atoms with Gasteiger partial charge in [-0.3, -0.25) is 4.79 Å². The summed E-state index contributed by atoms with van der Waals surface area (Å²) >= 11 is 0. The Kier molecular flexibility index (Phi) is 2.79. The van der Waals surface area contributed by atoms with Gasteiger partial charge in [0.2, 0.25) is 0 Å². The van der Waals surface area contributed by atoms with Crippen molar-refractivity contribution in [2.45, 2.75) is 12.8 Å². The molecule has 2 aromatic heterocycles. The largest absolute Gasteiger partial charge is 0.481 e. The first kappa shape index (κ1) is 11.5. The lowest BCUT2D eigenvalue weighted by Crippen LogP contribution is -1.97. The minimum Gasteiger partial charge on any atom is -0.481 e. The first-order valence-electron chi connectivity index (χ1n) is 5.87. The van der Waals surface area contributed by atoms with Crippen LogP contribution in [0.5, 0.6) is 0 Å². The smallest absolute Gasteiger partial charge is 0.303 e. The predicted molar refractivity (Wildman–Crippen MR) is 67.7 cm³/mol. The number of aromatic nitrogens is 1. The van der Waals surface area contributed by atoms with Gasteiger partial charge in [-0.1, -0.05) is 6.07 Å². The van der Waals surface area contributed by atoms with Gasteiger partial charge in [-0.2, -0.15) is 0 Å². The Labute approximate surface area is 108 Å². The molecule has 0 radical (unpaired) electrons. The predicted octanol–water partition coefficient (Wildman–Crippen LogP) is 3.11. The van der Waals surface area contributed by atoms with E-state index in [1.54, 1.807) is 24.5 Å². The van der Waals surface area contributed by atoms with E-state index in [1.165, 1.54) is 0 Å². The fraction of sp³-hybridized carbons (Fsp3) is 0.143. The van der Waals surface area contributed by atoms with Crippen LogP contribution in [0.2, 0.25) is 0 Å². The minimum atomic E-state index is -0.809. The third-order valence-corrected chi connectivity index (χ3v) is 2.81. The molecule has 5 nitrogen and oxygen atoms in total. The zero-order valence-electron chi connectivity index (χ0n) is 10.00. The zero-order valence-corrected chi connectivity index (χ0v) is 10.00. The molecule has 3 rings (SSSR count). The summed E-state index contributed by atoms with van der Waals surface area (Å²) in [5, 5.41) is 8.67. The molecule has 0 unspecified atom stereocenters. The highest BCUT2D eigenvalue weighted by molar-refractivity contribution is 5.76. The number of aliphatic carboxylic acids is 1. The van der Waals surface area contributed by atoms with Crippen molar-refractivity contribution >= 4 is 17.1 Å². The maximum absolute atomic E-state index is 10.5. The topological polar surface area (TPSA) is 76.5 Å². The quantitative estimate of drug-likeness (QED) is 0.777. The molecule has 0 aliphatic rings. The number of carbonyl (C=O) groups is 1.